The normalized spacial score (nSPS) is 15.5. The van der Waals surface area contributed by atoms with Crippen LogP contribution < -0.4 is 9.46 Å². The van der Waals surface area contributed by atoms with Crippen LogP contribution in [-0.4, -0.2) is 21.8 Å². The van der Waals surface area contributed by atoms with Crippen LogP contribution in [0.4, 0.5) is 39.5 Å². The van der Waals surface area contributed by atoms with Crippen molar-refractivity contribution in [3.8, 4) is 5.75 Å². The number of nitrogens with one attached hydrogen (secondary N) is 1. The summed E-state index contributed by atoms with van der Waals surface area (Å²) in [6.07, 6.45) is -13.7. The van der Waals surface area contributed by atoms with Crippen LogP contribution >= 0.6 is 0 Å². The molecule has 2 atom stereocenters. The molecule has 0 aliphatic heterocycles. The van der Waals surface area contributed by atoms with E-state index < -0.39 is 75.3 Å². The predicted molar refractivity (Wildman–Crippen MR) is 116 cm³/mol. The Morgan fingerprint density at radius 1 is 1.00 bits per heavy atom. The van der Waals surface area contributed by atoms with Gasteiger partial charge in [-0.2, -0.15) is 30.7 Å². The van der Waals surface area contributed by atoms with Crippen molar-refractivity contribution < 1.29 is 48.8 Å². The summed E-state index contributed by atoms with van der Waals surface area (Å²) < 4.78 is 140. The highest BCUT2D eigenvalue weighted by Gasteiger charge is 2.46. The SMILES string of the molecule is C=CC[C@@](N[S@+]([O-])C(C)(C)C)(c1cc(F)cc(OC(F)(F)C(F)F)c1)c1ccc(F)c(C(F)(F)F)c1. The van der Waals surface area contributed by atoms with Crippen LogP contribution in [0.15, 0.2) is 49.1 Å². The number of benzene rings is 2. The quantitative estimate of drug-likeness (QED) is 0.207. The van der Waals surface area contributed by atoms with Crippen molar-refractivity contribution in [1.29, 1.82) is 0 Å². The van der Waals surface area contributed by atoms with E-state index >= 15 is 0 Å². The molecule has 13 heteroatoms. The molecule has 0 aromatic heterocycles. The highest BCUT2D eigenvalue weighted by atomic mass is 32.2. The summed E-state index contributed by atoms with van der Waals surface area (Å²) in [5.41, 5.74) is -4.58. The lowest BCUT2D eigenvalue weighted by molar-refractivity contribution is -0.253. The number of hydrogen-bond donors (Lipinski definition) is 1. The summed E-state index contributed by atoms with van der Waals surface area (Å²) in [5.74, 6) is -3.98. The van der Waals surface area contributed by atoms with Crippen LogP contribution in [-0.2, 0) is 23.1 Å². The maximum Gasteiger partial charge on any atom is 0.461 e. The topological polar surface area (TPSA) is 44.3 Å². The zero-order valence-corrected chi connectivity index (χ0v) is 20.0. The fourth-order valence-corrected chi connectivity index (χ4v) is 4.11. The average Bonchev–Trinajstić information content (AvgIpc) is 2.71. The molecule has 2 aromatic carbocycles. The molecule has 0 heterocycles. The third kappa shape index (κ3) is 6.68. The minimum atomic E-state index is -5.15. The van der Waals surface area contributed by atoms with Gasteiger partial charge in [0, 0.05) is 17.4 Å². The fourth-order valence-electron chi connectivity index (χ4n) is 3.17. The molecule has 0 fully saturated rings. The van der Waals surface area contributed by atoms with Crippen LogP contribution in [0.25, 0.3) is 0 Å². The van der Waals surface area contributed by atoms with Crippen molar-refractivity contribution in [2.45, 2.75) is 56.2 Å². The molecular formula is C23H22F9NO2S. The molecule has 0 unspecified atom stereocenters. The Balaban J connectivity index is 2.88. The molecule has 0 bridgehead atoms. The van der Waals surface area contributed by atoms with E-state index in [1.54, 1.807) is 0 Å². The number of ether oxygens (including phenoxy) is 1. The van der Waals surface area contributed by atoms with Gasteiger partial charge in [0.2, 0.25) is 0 Å². The molecule has 1 N–H and O–H groups in total. The third-order valence-corrected chi connectivity index (χ3v) is 6.56. The molecule has 0 amide bonds. The van der Waals surface area contributed by atoms with Crippen molar-refractivity contribution in [3.05, 3.63) is 77.4 Å². The van der Waals surface area contributed by atoms with E-state index in [4.69, 9.17) is 0 Å². The molecule has 2 aromatic rings. The summed E-state index contributed by atoms with van der Waals surface area (Å²) in [5, 5.41) is 0. The van der Waals surface area contributed by atoms with Crippen LogP contribution in [0.2, 0.25) is 0 Å². The Morgan fingerprint density at radius 3 is 2.11 bits per heavy atom. The summed E-state index contributed by atoms with van der Waals surface area (Å²) in [4.78, 5) is 0. The van der Waals surface area contributed by atoms with Crippen molar-refractivity contribution in [3.63, 3.8) is 0 Å². The molecule has 200 valence electrons. The fraction of sp³-hybridized carbons (Fsp3) is 0.391. The number of alkyl halides is 7. The number of halogens is 9. The zero-order valence-electron chi connectivity index (χ0n) is 19.2. The van der Waals surface area contributed by atoms with Crippen LogP contribution in [0.5, 0.6) is 5.75 Å². The molecule has 0 radical (unpaired) electrons. The van der Waals surface area contributed by atoms with E-state index in [1.807, 2.05) is 0 Å². The van der Waals surface area contributed by atoms with Gasteiger partial charge < -0.3 is 9.29 Å². The lowest BCUT2D eigenvalue weighted by Gasteiger charge is -2.38. The molecule has 0 spiro atoms. The summed E-state index contributed by atoms with van der Waals surface area (Å²) in [6, 6.07) is 3.54. The lowest BCUT2D eigenvalue weighted by Crippen LogP contribution is -2.52. The van der Waals surface area contributed by atoms with Gasteiger partial charge in [0.1, 0.15) is 27.7 Å². The van der Waals surface area contributed by atoms with Crippen LogP contribution in [0.1, 0.15) is 43.9 Å². The predicted octanol–water partition coefficient (Wildman–Crippen LogP) is 7.09. The first-order valence-electron chi connectivity index (χ1n) is 10.2. The number of hydrogen-bond acceptors (Lipinski definition) is 3. The van der Waals surface area contributed by atoms with Crippen molar-refractivity contribution in [2.24, 2.45) is 0 Å². The van der Waals surface area contributed by atoms with Gasteiger partial charge >= 0.3 is 18.7 Å². The Morgan fingerprint density at radius 2 is 1.61 bits per heavy atom. The largest absolute Gasteiger partial charge is 0.598 e. The molecule has 0 saturated carbocycles. The van der Waals surface area contributed by atoms with E-state index in [9.17, 15) is 44.1 Å². The second kappa shape index (κ2) is 10.5. The summed E-state index contributed by atoms with van der Waals surface area (Å²) in [6.45, 7) is 8.01. The van der Waals surface area contributed by atoms with Gasteiger partial charge in [-0.3, -0.25) is 0 Å². The van der Waals surface area contributed by atoms with Gasteiger partial charge in [0.25, 0.3) is 0 Å². The molecule has 0 aliphatic carbocycles. The lowest BCUT2D eigenvalue weighted by atomic mass is 9.80. The van der Waals surface area contributed by atoms with Crippen molar-refractivity contribution in [1.82, 2.24) is 4.72 Å². The van der Waals surface area contributed by atoms with Crippen LogP contribution in [0.3, 0.4) is 0 Å². The molecular weight excluding hydrogens is 525 g/mol. The maximum absolute atomic E-state index is 14.5. The Kier molecular flexibility index (Phi) is 8.74. The van der Waals surface area contributed by atoms with Gasteiger partial charge in [0.05, 0.1) is 5.56 Å². The van der Waals surface area contributed by atoms with Gasteiger partial charge in [-0.15, -0.1) is 11.3 Å². The number of rotatable bonds is 9. The van der Waals surface area contributed by atoms with Gasteiger partial charge in [-0.05, 0) is 62.6 Å². The molecule has 0 aliphatic rings. The first-order valence-corrected chi connectivity index (χ1v) is 11.3. The summed E-state index contributed by atoms with van der Waals surface area (Å²) >= 11 is -2.09. The standard InChI is InChI=1S/C23H22F9NO2S/c1-5-8-21(33-36(34)20(2,3)4,13-6-7-18(25)17(11-13)22(28,29)30)14-9-15(24)12-16(10-14)35-23(31,32)19(26)27/h5-7,9-12,19,33H,1,8H2,2-4H3/t21-,36+/m0/s1. The van der Waals surface area contributed by atoms with Crippen LogP contribution in [0, 0.1) is 11.6 Å². The molecule has 36 heavy (non-hydrogen) atoms. The highest BCUT2D eigenvalue weighted by Crippen LogP contribution is 2.41. The minimum Gasteiger partial charge on any atom is -0.598 e. The van der Waals surface area contributed by atoms with Crippen molar-refractivity contribution in [2.75, 3.05) is 0 Å². The van der Waals surface area contributed by atoms with E-state index in [1.165, 1.54) is 20.8 Å². The Labute approximate surface area is 204 Å². The van der Waals surface area contributed by atoms with E-state index in [0.29, 0.717) is 30.3 Å². The van der Waals surface area contributed by atoms with E-state index in [2.05, 4.69) is 16.0 Å². The van der Waals surface area contributed by atoms with E-state index in [-0.39, 0.29) is 5.56 Å². The highest BCUT2D eigenvalue weighted by molar-refractivity contribution is 7.90. The van der Waals surface area contributed by atoms with Crippen molar-refractivity contribution >= 4 is 11.4 Å². The van der Waals surface area contributed by atoms with Gasteiger partial charge in [-0.1, -0.05) is 12.1 Å². The molecule has 3 nitrogen and oxygen atoms in total. The average molecular weight is 547 g/mol. The van der Waals surface area contributed by atoms with Gasteiger partial charge in [0.15, 0.2) is 0 Å². The minimum absolute atomic E-state index is 0.366. The maximum atomic E-state index is 14.5. The Bertz CT molecular complexity index is 1090. The molecule has 2 rings (SSSR count). The first kappa shape index (κ1) is 29.8. The zero-order chi connectivity index (χ0) is 27.7. The molecule has 0 saturated heterocycles. The second-order valence-corrected chi connectivity index (χ2v) is 10.7. The monoisotopic (exact) mass is 547 g/mol. The van der Waals surface area contributed by atoms with E-state index in [0.717, 1.165) is 12.1 Å². The smallest absolute Gasteiger partial charge is 0.461 e. The second-order valence-electron chi connectivity index (χ2n) is 8.71. The van der Waals surface area contributed by atoms with Gasteiger partial charge in [-0.25, -0.2) is 8.78 Å². The third-order valence-electron chi connectivity index (χ3n) is 4.91. The Hall–Kier alpha value is -2.38. The first-order chi connectivity index (χ1) is 16.3. The summed E-state index contributed by atoms with van der Waals surface area (Å²) in [7, 11) is 0.